The summed E-state index contributed by atoms with van der Waals surface area (Å²) < 4.78 is 0. The van der Waals surface area contributed by atoms with Gasteiger partial charge in [0.2, 0.25) is 11.8 Å². The molecule has 1 aliphatic rings. The molecule has 130 valence electrons. The Kier molecular flexibility index (Phi) is 5.62. The van der Waals surface area contributed by atoms with Crippen LogP contribution in [0.5, 0.6) is 0 Å². The summed E-state index contributed by atoms with van der Waals surface area (Å²) in [6.07, 6.45) is 2.98. The third-order valence-electron chi connectivity index (χ3n) is 3.63. The summed E-state index contributed by atoms with van der Waals surface area (Å²) in [5, 5.41) is 15.7. The lowest BCUT2D eigenvalue weighted by atomic mass is 10.1. The number of likely N-dealkylation sites (N-methyl/N-ethyl adjacent to an activating group) is 1. The van der Waals surface area contributed by atoms with Crippen molar-refractivity contribution < 1.29 is 9.59 Å². The molecule has 0 spiro atoms. The molecule has 0 radical (unpaired) electrons. The van der Waals surface area contributed by atoms with Gasteiger partial charge in [-0.3, -0.25) is 14.5 Å². The van der Waals surface area contributed by atoms with Crippen molar-refractivity contribution in [3.63, 3.8) is 0 Å². The molecule has 0 saturated heterocycles. The Morgan fingerprint density at radius 3 is 2.54 bits per heavy atom. The molecule has 1 aromatic rings. The van der Waals surface area contributed by atoms with Gasteiger partial charge in [-0.1, -0.05) is 0 Å². The number of hydrogen-bond acceptors (Lipinski definition) is 5. The lowest BCUT2D eigenvalue weighted by Crippen LogP contribution is -2.46. The number of thiophene rings is 1. The summed E-state index contributed by atoms with van der Waals surface area (Å²) >= 11 is 1.50. The van der Waals surface area contributed by atoms with Crippen LogP contribution < -0.4 is 10.6 Å². The first-order valence-corrected chi connectivity index (χ1v) is 8.85. The topological polar surface area (TPSA) is 85.2 Å². The molecule has 0 unspecified atom stereocenters. The van der Waals surface area contributed by atoms with Crippen molar-refractivity contribution in [3.05, 3.63) is 16.0 Å². The molecule has 0 aliphatic heterocycles. The molecule has 0 atom stereocenters. The molecule has 0 bridgehead atoms. The van der Waals surface area contributed by atoms with E-state index >= 15 is 0 Å². The lowest BCUT2D eigenvalue weighted by Gasteiger charge is -2.23. The third kappa shape index (κ3) is 4.79. The van der Waals surface area contributed by atoms with Gasteiger partial charge in [0.15, 0.2) is 0 Å². The maximum absolute atomic E-state index is 12.2. The van der Waals surface area contributed by atoms with Crippen molar-refractivity contribution in [1.29, 1.82) is 5.26 Å². The highest BCUT2D eigenvalue weighted by molar-refractivity contribution is 7.16. The van der Waals surface area contributed by atoms with Gasteiger partial charge < -0.3 is 10.6 Å². The predicted molar refractivity (Wildman–Crippen MR) is 95.1 cm³/mol. The van der Waals surface area contributed by atoms with E-state index in [1.165, 1.54) is 16.2 Å². The minimum Gasteiger partial charge on any atom is -0.350 e. The van der Waals surface area contributed by atoms with Gasteiger partial charge in [-0.25, -0.2) is 0 Å². The second-order valence-electron chi connectivity index (χ2n) is 7.19. The zero-order chi connectivity index (χ0) is 17.9. The second-order valence-corrected chi connectivity index (χ2v) is 8.30. The van der Waals surface area contributed by atoms with Gasteiger partial charge in [0.1, 0.15) is 11.1 Å². The number of carbonyl (C=O) groups is 2. The number of anilines is 1. The zero-order valence-electron chi connectivity index (χ0n) is 14.7. The van der Waals surface area contributed by atoms with Crippen LogP contribution in [0.15, 0.2) is 0 Å². The van der Waals surface area contributed by atoms with Gasteiger partial charge in [0.05, 0.1) is 18.7 Å². The van der Waals surface area contributed by atoms with Crippen molar-refractivity contribution in [2.75, 3.05) is 25.5 Å². The van der Waals surface area contributed by atoms with Crippen LogP contribution in [-0.4, -0.2) is 42.4 Å². The smallest absolute Gasteiger partial charge is 0.239 e. The summed E-state index contributed by atoms with van der Waals surface area (Å²) in [7, 11) is 1.72. The number of nitrogens with zero attached hydrogens (tertiary/aromatic N) is 2. The molecule has 2 N–H and O–H groups in total. The number of nitrogens with one attached hydrogen (secondary N) is 2. The first-order valence-electron chi connectivity index (χ1n) is 8.03. The molecule has 1 heterocycles. The Hall–Kier alpha value is -1.91. The maximum Gasteiger partial charge on any atom is 0.239 e. The molecule has 6 nitrogen and oxygen atoms in total. The van der Waals surface area contributed by atoms with Crippen molar-refractivity contribution in [3.8, 4) is 6.07 Å². The number of aryl methyl sites for hydroxylation is 1. The van der Waals surface area contributed by atoms with Crippen LogP contribution in [0.4, 0.5) is 5.00 Å². The van der Waals surface area contributed by atoms with Gasteiger partial charge in [0.25, 0.3) is 0 Å². The van der Waals surface area contributed by atoms with Crippen molar-refractivity contribution in [2.45, 2.75) is 45.6 Å². The fourth-order valence-corrected chi connectivity index (χ4v) is 4.04. The number of nitriles is 1. The van der Waals surface area contributed by atoms with E-state index in [1.807, 2.05) is 20.8 Å². The first kappa shape index (κ1) is 18.4. The van der Waals surface area contributed by atoms with E-state index in [-0.39, 0.29) is 30.4 Å². The molecule has 0 aromatic carbocycles. The molecular formula is C17H24N4O2S. The fraction of sp³-hybridized carbons (Fsp3) is 0.588. The van der Waals surface area contributed by atoms with Crippen LogP contribution in [0.3, 0.4) is 0 Å². The number of hydrogen-bond donors (Lipinski definition) is 2. The summed E-state index contributed by atoms with van der Waals surface area (Å²) in [4.78, 5) is 26.9. The fourth-order valence-electron chi connectivity index (χ4n) is 2.78. The number of fused-ring (bicyclic) bond motifs is 1. The molecular weight excluding hydrogens is 324 g/mol. The molecule has 0 saturated carbocycles. The van der Waals surface area contributed by atoms with Gasteiger partial charge in [-0.05, 0) is 52.6 Å². The Morgan fingerprint density at radius 2 is 1.92 bits per heavy atom. The predicted octanol–water partition coefficient (Wildman–Crippen LogP) is 1.89. The lowest BCUT2D eigenvalue weighted by molar-refractivity contribution is -0.124. The van der Waals surface area contributed by atoms with Crippen LogP contribution >= 0.6 is 11.3 Å². The normalized spacial score (nSPS) is 13.5. The van der Waals surface area contributed by atoms with Gasteiger partial charge in [-0.2, -0.15) is 5.26 Å². The highest BCUT2D eigenvalue weighted by Crippen LogP contribution is 2.38. The van der Waals surface area contributed by atoms with E-state index in [2.05, 4.69) is 16.7 Å². The number of carbonyl (C=O) groups excluding carboxylic acids is 2. The monoisotopic (exact) mass is 348 g/mol. The van der Waals surface area contributed by atoms with E-state index in [1.54, 1.807) is 11.9 Å². The minimum absolute atomic E-state index is 0.102. The third-order valence-corrected chi connectivity index (χ3v) is 4.83. The van der Waals surface area contributed by atoms with E-state index in [9.17, 15) is 14.9 Å². The van der Waals surface area contributed by atoms with E-state index in [0.717, 1.165) is 24.8 Å². The zero-order valence-corrected chi connectivity index (χ0v) is 15.5. The Bertz CT molecular complexity index is 682. The van der Waals surface area contributed by atoms with Gasteiger partial charge in [-0.15, -0.1) is 11.3 Å². The van der Waals surface area contributed by atoms with Crippen LogP contribution in [0, 0.1) is 11.3 Å². The molecule has 1 aliphatic carbocycles. The minimum atomic E-state index is -0.292. The molecule has 2 amide bonds. The quantitative estimate of drug-likeness (QED) is 0.851. The molecule has 7 heteroatoms. The van der Waals surface area contributed by atoms with E-state index in [4.69, 9.17) is 0 Å². The van der Waals surface area contributed by atoms with Crippen LogP contribution in [0.25, 0.3) is 0 Å². The van der Waals surface area contributed by atoms with Crippen LogP contribution in [-0.2, 0) is 22.4 Å². The van der Waals surface area contributed by atoms with E-state index in [0.29, 0.717) is 10.6 Å². The molecule has 24 heavy (non-hydrogen) atoms. The van der Waals surface area contributed by atoms with E-state index < -0.39 is 0 Å². The first-order chi connectivity index (χ1) is 11.2. The Labute approximate surface area is 146 Å². The largest absolute Gasteiger partial charge is 0.350 e. The van der Waals surface area contributed by atoms with Crippen LogP contribution in [0.2, 0.25) is 0 Å². The van der Waals surface area contributed by atoms with Gasteiger partial charge >= 0.3 is 0 Å². The van der Waals surface area contributed by atoms with Crippen molar-refractivity contribution >= 4 is 28.2 Å². The summed E-state index contributed by atoms with van der Waals surface area (Å²) in [5.41, 5.74) is 1.41. The van der Waals surface area contributed by atoms with Gasteiger partial charge in [0, 0.05) is 10.4 Å². The standard InChI is InChI=1S/C17H24N4O2S/c1-17(2,3)20-15(23)10-21(4)9-14(22)19-16-12(8-18)11-6-5-7-13(11)24-16/h5-7,9-10H2,1-4H3,(H,19,22)(H,20,23). The molecule has 0 fully saturated rings. The summed E-state index contributed by atoms with van der Waals surface area (Å²) in [6.45, 7) is 5.99. The average molecular weight is 348 g/mol. The molecule has 1 aromatic heterocycles. The SMILES string of the molecule is CN(CC(=O)Nc1sc2c(c1C#N)CCC2)CC(=O)NC(C)(C)C. The van der Waals surface area contributed by atoms with Crippen molar-refractivity contribution in [1.82, 2.24) is 10.2 Å². The number of rotatable bonds is 5. The second kappa shape index (κ2) is 7.32. The molecule has 2 rings (SSSR count). The van der Waals surface area contributed by atoms with Crippen LogP contribution in [0.1, 0.15) is 43.2 Å². The average Bonchev–Trinajstić information content (AvgIpc) is 2.95. The van der Waals surface area contributed by atoms with Crippen molar-refractivity contribution in [2.24, 2.45) is 0 Å². The summed E-state index contributed by atoms with van der Waals surface area (Å²) in [5.74, 6) is -0.330. The Morgan fingerprint density at radius 1 is 1.25 bits per heavy atom. The highest BCUT2D eigenvalue weighted by atomic mass is 32.1. The summed E-state index contributed by atoms with van der Waals surface area (Å²) in [6, 6.07) is 2.21. The number of amides is 2. The highest BCUT2D eigenvalue weighted by Gasteiger charge is 2.23. The Balaban J connectivity index is 1.90. The maximum atomic E-state index is 12.2.